The van der Waals surface area contributed by atoms with Crippen LogP contribution in [0, 0.1) is 5.82 Å². The van der Waals surface area contributed by atoms with Crippen molar-refractivity contribution in [1.82, 2.24) is 5.16 Å². The smallest absolute Gasteiger partial charge is 0.171 e. The summed E-state index contributed by atoms with van der Waals surface area (Å²) >= 11 is 3.11. The van der Waals surface area contributed by atoms with Crippen LogP contribution in [0.1, 0.15) is 5.56 Å². The van der Waals surface area contributed by atoms with Gasteiger partial charge in [-0.1, -0.05) is 5.16 Å². The number of nitrogens with zero attached hydrogens (tertiary/aromatic N) is 1. The predicted molar refractivity (Wildman–Crippen MR) is 57.5 cm³/mol. The molecule has 78 valence electrons. The van der Waals surface area contributed by atoms with Crippen LogP contribution in [0.2, 0.25) is 0 Å². The molecule has 1 heterocycles. The summed E-state index contributed by atoms with van der Waals surface area (Å²) in [6.07, 6.45) is 1.56. The standard InChI is InChI=1S/C10H8BrFN2O/c11-8-3-6(1-2-9(8)12)10-7(4-13)5-14-15-10/h1-3,5H,4,13H2. The van der Waals surface area contributed by atoms with E-state index in [1.165, 1.54) is 6.07 Å². The normalized spacial score (nSPS) is 10.6. The van der Waals surface area contributed by atoms with Gasteiger partial charge in [0.15, 0.2) is 5.76 Å². The zero-order valence-corrected chi connectivity index (χ0v) is 9.29. The van der Waals surface area contributed by atoms with Crippen molar-refractivity contribution >= 4 is 15.9 Å². The summed E-state index contributed by atoms with van der Waals surface area (Å²) in [4.78, 5) is 0. The third-order valence-electron chi connectivity index (χ3n) is 2.05. The lowest BCUT2D eigenvalue weighted by Gasteiger charge is -2.00. The number of hydrogen-bond acceptors (Lipinski definition) is 3. The van der Waals surface area contributed by atoms with Gasteiger partial charge in [-0.05, 0) is 34.1 Å². The summed E-state index contributed by atoms with van der Waals surface area (Å²) in [5.41, 5.74) is 7.07. The van der Waals surface area contributed by atoms with Crippen LogP contribution >= 0.6 is 15.9 Å². The molecule has 1 aromatic heterocycles. The predicted octanol–water partition coefficient (Wildman–Crippen LogP) is 2.70. The second-order valence-electron chi connectivity index (χ2n) is 3.01. The van der Waals surface area contributed by atoms with E-state index < -0.39 is 0 Å². The Morgan fingerprint density at radius 3 is 2.93 bits per heavy atom. The van der Waals surface area contributed by atoms with Crippen LogP contribution in [0.5, 0.6) is 0 Å². The molecular formula is C10H8BrFN2O. The minimum Gasteiger partial charge on any atom is -0.356 e. The van der Waals surface area contributed by atoms with Gasteiger partial charge in [0.1, 0.15) is 5.82 Å². The fourth-order valence-electron chi connectivity index (χ4n) is 1.28. The van der Waals surface area contributed by atoms with Crippen molar-refractivity contribution in [3.63, 3.8) is 0 Å². The van der Waals surface area contributed by atoms with Gasteiger partial charge >= 0.3 is 0 Å². The highest BCUT2D eigenvalue weighted by molar-refractivity contribution is 9.10. The second kappa shape index (κ2) is 4.12. The molecule has 1 aromatic carbocycles. The van der Waals surface area contributed by atoms with Gasteiger partial charge in [0.2, 0.25) is 0 Å². The zero-order valence-electron chi connectivity index (χ0n) is 7.71. The molecule has 0 aliphatic rings. The highest BCUT2D eigenvalue weighted by Gasteiger charge is 2.10. The van der Waals surface area contributed by atoms with Gasteiger partial charge < -0.3 is 10.3 Å². The maximum Gasteiger partial charge on any atom is 0.171 e. The number of aromatic nitrogens is 1. The highest BCUT2D eigenvalue weighted by Crippen LogP contribution is 2.27. The van der Waals surface area contributed by atoms with E-state index in [9.17, 15) is 4.39 Å². The van der Waals surface area contributed by atoms with E-state index in [1.807, 2.05) is 0 Å². The third-order valence-corrected chi connectivity index (χ3v) is 2.65. The first-order valence-corrected chi connectivity index (χ1v) is 5.10. The van der Waals surface area contributed by atoms with Crippen molar-refractivity contribution in [3.05, 3.63) is 40.2 Å². The highest BCUT2D eigenvalue weighted by atomic mass is 79.9. The Kier molecular flexibility index (Phi) is 2.83. The first kappa shape index (κ1) is 10.3. The average Bonchev–Trinajstić information content (AvgIpc) is 2.70. The van der Waals surface area contributed by atoms with Gasteiger partial charge in [-0.3, -0.25) is 0 Å². The summed E-state index contributed by atoms with van der Waals surface area (Å²) in [5.74, 6) is 0.269. The van der Waals surface area contributed by atoms with Gasteiger partial charge in [0.25, 0.3) is 0 Å². The van der Waals surface area contributed by atoms with E-state index in [0.29, 0.717) is 16.8 Å². The minimum atomic E-state index is -0.312. The topological polar surface area (TPSA) is 52.0 Å². The zero-order chi connectivity index (χ0) is 10.8. The van der Waals surface area contributed by atoms with Crippen LogP contribution in [0.15, 0.2) is 33.4 Å². The van der Waals surface area contributed by atoms with Crippen molar-refractivity contribution in [2.45, 2.75) is 6.54 Å². The Balaban J connectivity index is 2.50. The maximum atomic E-state index is 13.0. The molecule has 0 saturated carbocycles. The number of rotatable bonds is 2. The fraction of sp³-hybridized carbons (Fsp3) is 0.100. The number of benzene rings is 1. The first-order valence-electron chi connectivity index (χ1n) is 4.31. The summed E-state index contributed by atoms with van der Waals surface area (Å²) in [7, 11) is 0. The van der Waals surface area contributed by atoms with Crippen molar-refractivity contribution < 1.29 is 8.91 Å². The van der Waals surface area contributed by atoms with Gasteiger partial charge in [0.05, 0.1) is 10.7 Å². The maximum absolute atomic E-state index is 13.0. The Bertz CT molecular complexity index is 484. The minimum absolute atomic E-state index is 0.312. The van der Waals surface area contributed by atoms with Gasteiger partial charge in [-0.2, -0.15) is 0 Å². The molecule has 2 aromatic rings. The average molecular weight is 271 g/mol. The Morgan fingerprint density at radius 2 is 2.27 bits per heavy atom. The largest absolute Gasteiger partial charge is 0.356 e. The summed E-state index contributed by atoms with van der Waals surface area (Å²) < 4.78 is 18.5. The van der Waals surface area contributed by atoms with Crippen LogP contribution in [-0.4, -0.2) is 5.16 Å². The van der Waals surface area contributed by atoms with Crippen molar-refractivity contribution in [2.24, 2.45) is 5.73 Å². The quantitative estimate of drug-likeness (QED) is 0.913. The second-order valence-corrected chi connectivity index (χ2v) is 3.87. The molecular weight excluding hydrogens is 263 g/mol. The number of nitrogens with two attached hydrogens (primary N) is 1. The molecule has 15 heavy (non-hydrogen) atoms. The molecule has 0 saturated heterocycles. The monoisotopic (exact) mass is 270 g/mol. The number of halogens is 2. The fourth-order valence-corrected chi connectivity index (χ4v) is 1.66. The first-order chi connectivity index (χ1) is 7.22. The summed E-state index contributed by atoms with van der Waals surface area (Å²) in [6.45, 7) is 0.341. The molecule has 0 amide bonds. The third kappa shape index (κ3) is 1.93. The molecule has 0 aliphatic heterocycles. The van der Waals surface area contributed by atoms with E-state index in [-0.39, 0.29) is 5.82 Å². The Hall–Kier alpha value is -1.20. The molecule has 2 N–H and O–H groups in total. The van der Waals surface area contributed by atoms with Crippen molar-refractivity contribution in [2.75, 3.05) is 0 Å². The Morgan fingerprint density at radius 1 is 1.47 bits per heavy atom. The van der Waals surface area contributed by atoms with E-state index in [2.05, 4.69) is 21.1 Å². The molecule has 0 bridgehead atoms. The lowest BCUT2D eigenvalue weighted by molar-refractivity contribution is 0.431. The van der Waals surface area contributed by atoms with Crippen LogP contribution in [0.25, 0.3) is 11.3 Å². The van der Waals surface area contributed by atoms with Crippen LogP contribution in [0.4, 0.5) is 4.39 Å². The summed E-state index contributed by atoms with van der Waals surface area (Å²) in [5, 5.41) is 3.66. The van der Waals surface area contributed by atoms with Crippen molar-refractivity contribution in [1.29, 1.82) is 0 Å². The van der Waals surface area contributed by atoms with E-state index in [1.54, 1.807) is 18.3 Å². The molecule has 0 fully saturated rings. The molecule has 0 unspecified atom stereocenters. The molecule has 0 spiro atoms. The molecule has 0 atom stereocenters. The molecule has 2 rings (SSSR count). The van der Waals surface area contributed by atoms with Crippen LogP contribution in [-0.2, 0) is 6.54 Å². The van der Waals surface area contributed by atoms with Gasteiger partial charge in [-0.25, -0.2) is 4.39 Å². The van der Waals surface area contributed by atoms with Crippen molar-refractivity contribution in [3.8, 4) is 11.3 Å². The lowest BCUT2D eigenvalue weighted by Crippen LogP contribution is -1.96. The molecule has 3 nitrogen and oxygen atoms in total. The SMILES string of the molecule is NCc1cnoc1-c1ccc(F)c(Br)c1. The van der Waals surface area contributed by atoms with E-state index in [0.717, 1.165) is 11.1 Å². The molecule has 0 radical (unpaired) electrons. The van der Waals surface area contributed by atoms with Gasteiger partial charge in [-0.15, -0.1) is 0 Å². The van der Waals surface area contributed by atoms with E-state index in [4.69, 9.17) is 10.3 Å². The number of hydrogen-bond donors (Lipinski definition) is 1. The van der Waals surface area contributed by atoms with Crippen LogP contribution < -0.4 is 5.73 Å². The Labute approximate surface area is 94.2 Å². The molecule has 5 heteroatoms. The lowest BCUT2D eigenvalue weighted by atomic mass is 10.1. The van der Waals surface area contributed by atoms with E-state index >= 15 is 0 Å². The van der Waals surface area contributed by atoms with Crippen LogP contribution in [0.3, 0.4) is 0 Å². The van der Waals surface area contributed by atoms with Gasteiger partial charge in [0, 0.05) is 17.7 Å². The molecule has 0 aliphatic carbocycles. The summed E-state index contributed by atoms with van der Waals surface area (Å²) in [6, 6.07) is 4.62.